The Morgan fingerprint density at radius 1 is 1.25 bits per heavy atom. The van der Waals surface area contributed by atoms with E-state index in [0.717, 1.165) is 22.2 Å². The first-order valence-electron chi connectivity index (χ1n) is 6.17. The van der Waals surface area contributed by atoms with Crippen molar-refractivity contribution in [2.24, 2.45) is 0 Å². The summed E-state index contributed by atoms with van der Waals surface area (Å²) >= 11 is 0. The second-order valence-corrected chi connectivity index (χ2v) is 4.57. The molecule has 2 heterocycles. The maximum absolute atomic E-state index is 11.9. The second kappa shape index (κ2) is 4.73. The van der Waals surface area contributed by atoms with Crippen LogP contribution in [-0.2, 0) is 6.54 Å². The van der Waals surface area contributed by atoms with Crippen molar-refractivity contribution in [2.75, 3.05) is 0 Å². The van der Waals surface area contributed by atoms with E-state index in [1.807, 2.05) is 19.1 Å². The van der Waals surface area contributed by atoms with Crippen LogP contribution in [0.15, 0.2) is 39.7 Å². The topological polar surface area (TPSA) is 90.9 Å². The van der Waals surface area contributed by atoms with Gasteiger partial charge in [-0.3, -0.25) is 4.79 Å². The Kier molecular flexibility index (Phi) is 2.90. The molecule has 0 aliphatic carbocycles. The Bertz CT molecular complexity index is 825. The van der Waals surface area contributed by atoms with Crippen LogP contribution in [0, 0.1) is 6.92 Å². The smallest absolute Gasteiger partial charge is 0.323 e. The third kappa shape index (κ3) is 2.23. The fourth-order valence-corrected chi connectivity index (χ4v) is 2.06. The summed E-state index contributed by atoms with van der Waals surface area (Å²) in [5.74, 6) is 0.0660. The lowest BCUT2D eigenvalue weighted by atomic mass is 10.2. The van der Waals surface area contributed by atoms with E-state index < -0.39 is 0 Å². The fraction of sp³-hybridized carbons (Fsp3) is 0.143. The standard InChI is InChI=1S/C14H13N3O3/c1-8-4-5-20-12(8)13(18)15-7-9-2-3-10-11(6-9)17-14(19)16-10/h2-6H,7H2,1H3,(H,15,18)(H2,16,17,19). The summed E-state index contributed by atoms with van der Waals surface area (Å²) in [6.07, 6.45) is 1.49. The Labute approximate surface area is 113 Å². The number of benzene rings is 1. The molecular weight excluding hydrogens is 258 g/mol. The van der Waals surface area contributed by atoms with Crippen molar-refractivity contribution >= 4 is 16.9 Å². The minimum atomic E-state index is -0.254. The highest BCUT2D eigenvalue weighted by Gasteiger charge is 2.12. The Morgan fingerprint density at radius 3 is 2.80 bits per heavy atom. The first kappa shape index (κ1) is 12.3. The molecule has 0 saturated heterocycles. The average molecular weight is 271 g/mol. The van der Waals surface area contributed by atoms with Crippen molar-refractivity contribution in [1.29, 1.82) is 0 Å². The molecule has 3 rings (SSSR count). The molecule has 3 N–H and O–H groups in total. The van der Waals surface area contributed by atoms with Gasteiger partial charge in [-0.2, -0.15) is 0 Å². The minimum absolute atomic E-state index is 0.243. The molecule has 0 radical (unpaired) electrons. The number of fused-ring (bicyclic) bond motifs is 1. The predicted octanol–water partition coefficient (Wildman–Crippen LogP) is 1.69. The van der Waals surface area contributed by atoms with Crippen molar-refractivity contribution in [3.63, 3.8) is 0 Å². The quantitative estimate of drug-likeness (QED) is 0.677. The van der Waals surface area contributed by atoms with E-state index in [4.69, 9.17) is 4.42 Å². The highest BCUT2D eigenvalue weighted by Crippen LogP contribution is 2.11. The van der Waals surface area contributed by atoms with Crippen molar-refractivity contribution in [1.82, 2.24) is 15.3 Å². The van der Waals surface area contributed by atoms with E-state index >= 15 is 0 Å². The molecule has 0 saturated carbocycles. The van der Waals surface area contributed by atoms with E-state index in [0.29, 0.717) is 12.3 Å². The number of amides is 1. The van der Waals surface area contributed by atoms with Crippen molar-refractivity contribution < 1.29 is 9.21 Å². The summed E-state index contributed by atoms with van der Waals surface area (Å²) < 4.78 is 5.12. The lowest BCUT2D eigenvalue weighted by Crippen LogP contribution is -2.22. The second-order valence-electron chi connectivity index (χ2n) is 4.57. The highest BCUT2D eigenvalue weighted by molar-refractivity contribution is 5.92. The van der Waals surface area contributed by atoms with Crippen LogP contribution in [-0.4, -0.2) is 15.9 Å². The van der Waals surface area contributed by atoms with E-state index in [1.165, 1.54) is 6.26 Å². The number of H-pyrrole nitrogens is 2. The van der Waals surface area contributed by atoms with Crippen LogP contribution in [0.25, 0.3) is 11.0 Å². The van der Waals surface area contributed by atoms with E-state index in [-0.39, 0.29) is 11.6 Å². The number of aromatic nitrogens is 2. The van der Waals surface area contributed by atoms with Crippen molar-refractivity contribution in [3.8, 4) is 0 Å². The molecule has 3 aromatic rings. The van der Waals surface area contributed by atoms with E-state index in [9.17, 15) is 9.59 Å². The molecule has 6 heteroatoms. The number of furan rings is 1. The van der Waals surface area contributed by atoms with Gasteiger partial charge in [0.05, 0.1) is 17.3 Å². The largest absolute Gasteiger partial charge is 0.459 e. The first-order valence-corrected chi connectivity index (χ1v) is 6.17. The molecule has 102 valence electrons. The van der Waals surface area contributed by atoms with Gasteiger partial charge in [0.1, 0.15) is 0 Å². The Hall–Kier alpha value is -2.76. The summed E-state index contributed by atoms with van der Waals surface area (Å²) in [6.45, 7) is 2.18. The van der Waals surface area contributed by atoms with Crippen molar-refractivity contribution in [3.05, 3.63) is 57.9 Å². The number of carbonyl (C=O) groups is 1. The molecule has 0 bridgehead atoms. The number of imidazole rings is 1. The third-order valence-corrected chi connectivity index (χ3v) is 3.10. The average Bonchev–Trinajstić information content (AvgIpc) is 3.00. The molecule has 1 aromatic carbocycles. The third-order valence-electron chi connectivity index (χ3n) is 3.10. The van der Waals surface area contributed by atoms with E-state index in [1.54, 1.807) is 12.1 Å². The molecule has 20 heavy (non-hydrogen) atoms. The van der Waals surface area contributed by atoms with Gasteiger partial charge in [0.2, 0.25) is 0 Å². The summed E-state index contributed by atoms with van der Waals surface area (Å²) in [6, 6.07) is 7.21. The molecule has 1 amide bonds. The van der Waals surface area contributed by atoms with Gasteiger partial charge in [0.25, 0.3) is 5.91 Å². The molecule has 0 spiro atoms. The van der Waals surface area contributed by atoms with Crippen molar-refractivity contribution in [2.45, 2.75) is 13.5 Å². The molecule has 0 aliphatic heterocycles. The number of carbonyl (C=O) groups excluding carboxylic acids is 1. The number of aromatic amines is 2. The highest BCUT2D eigenvalue weighted by atomic mass is 16.3. The predicted molar refractivity (Wildman–Crippen MR) is 73.5 cm³/mol. The minimum Gasteiger partial charge on any atom is -0.459 e. The zero-order chi connectivity index (χ0) is 14.1. The van der Waals surface area contributed by atoms with Crippen LogP contribution in [0.1, 0.15) is 21.7 Å². The number of rotatable bonds is 3. The number of nitrogens with one attached hydrogen (secondary N) is 3. The molecule has 6 nitrogen and oxygen atoms in total. The van der Waals surface area contributed by atoms with Crippen LogP contribution in [0.2, 0.25) is 0 Å². The summed E-state index contributed by atoms with van der Waals surface area (Å²) in [5, 5.41) is 2.78. The van der Waals surface area contributed by atoms with Gasteiger partial charge in [-0.25, -0.2) is 4.79 Å². The van der Waals surface area contributed by atoms with Gasteiger partial charge in [-0.15, -0.1) is 0 Å². The maximum atomic E-state index is 11.9. The summed E-state index contributed by atoms with van der Waals surface area (Å²) in [5.41, 5.74) is 2.91. The van der Waals surface area contributed by atoms with Crippen LogP contribution in [0.4, 0.5) is 0 Å². The normalized spacial score (nSPS) is 10.8. The maximum Gasteiger partial charge on any atom is 0.323 e. The van der Waals surface area contributed by atoms with Crippen LogP contribution in [0.3, 0.4) is 0 Å². The van der Waals surface area contributed by atoms with Crippen LogP contribution < -0.4 is 11.0 Å². The molecule has 0 unspecified atom stereocenters. The zero-order valence-corrected chi connectivity index (χ0v) is 10.8. The Balaban J connectivity index is 1.75. The lowest BCUT2D eigenvalue weighted by Gasteiger charge is -2.04. The monoisotopic (exact) mass is 271 g/mol. The van der Waals surface area contributed by atoms with E-state index in [2.05, 4.69) is 15.3 Å². The number of aryl methyl sites for hydroxylation is 1. The number of hydrogen-bond donors (Lipinski definition) is 3. The van der Waals surface area contributed by atoms with Gasteiger partial charge in [0, 0.05) is 12.1 Å². The first-order chi connectivity index (χ1) is 9.63. The Morgan fingerprint density at radius 2 is 2.05 bits per heavy atom. The van der Waals surface area contributed by atoms with Gasteiger partial charge in [0.15, 0.2) is 5.76 Å². The molecule has 2 aromatic heterocycles. The van der Waals surface area contributed by atoms with Gasteiger partial charge >= 0.3 is 5.69 Å². The van der Waals surface area contributed by atoms with Crippen LogP contribution in [0.5, 0.6) is 0 Å². The lowest BCUT2D eigenvalue weighted by molar-refractivity contribution is 0.0922. The zero-order valence-electron chi connectivity index (χ0n) is 10.8. The molecule has 0 fully saturated rings. The number of hydrogen-bond acceptors (Lipinski definition) is 3. The summed E-state index contributed by atoms with van der Waals surface area (Å²) in [7, 11) is 0. The van der Waals surface area contributed by atoms with Crippen LogP contribution >= 0.6 is 0 Å². The van der Waals surface area contributed by atoms with Gasteiger partial charge < -0.3 is 19.7 Å². The molecular formula is C14H13N3O3. The molecule has 0 aliphatic rings. The van der Waals surface area contributed by atoms with Gasteiger partial charge in [-0.1, -0.05) is 6.07 Å². The SMILES string of the molecule is Cc1ccoc1C(=O)NCc1ccc2[nH]c(=O)[nH]c2c1. The summed E-state index contributed by atoms with van der Waals surface area (Å²) in [4.78, 5) is 28.4. The molecule has 0 atom stereocenters. The van der Waals surface area contributed by atoms with Gasteiger partial charge in [-0.05, 0) is 30.7 Å². The fourth-order valence-electron chi connectivity index (χ4n) is 2.06.